The highest BCUT2D eigenvalue weighted by Gasteiger charge is 2.44. The van der Waals surface area contributed by atoms with Crippen LogP contribution >= 0.6 is 0 Å². The number of carboxylic acid groups (broad SMARTS) is 1. The number of hydrogen-bond donors (Lipinski definition) is 5. The first-order valence-corrected chi connectivity index (χ1v) is 11.4. The number of aliphatic hydroxyl groups is 3. The molecule has 0 amide bonds. The molecule has 1 heterocycles. The molecule has 194 valence electrons. The average Bonchev–Trinajstić information content (AvgIpc) is 2.82. The minimum atomic E-state index is -1.55. The number of phenolic OH excluding ortho intramolecular Hbond substituents is 1. The minimum Gasteiger partial charge on any atom is -0.508 e. The second kappa shape index (κ2) is 14.0. The number of ether oxygens (including phenoxy) is 3. The van der Waals surface area contributed by atoms with Gasteiger partial charge >= 0.3 is 11.9 Å². The Morgan fingerprint density at radius 1 is 1.09 bits per heavy atom. The smallest absolute Gasteiger partial charge is 0.330 e. The summed E-state index contributed by atoms with van der Waals surface area (Å²) in [6.45, 7) is 3.36. The molecule has 0 aliphatic carbocycles. The van der Waals surface area contributed by atoms with E-state index in [4.69, 9.17) is 19.3 Å². The number of carbonyl (C=O) groups excluding carboxylic acids is 1. The van der Waals surface area contributed by atoms with Crippen molar-refractivity contribution < 1.29 is 49.3 Å². The van der Waals surface area contributed by atoms with Gasteiger partial charge < -0.3 is 39.7 Å². The molecule has 0 spiro atoms. The summed E-state index contributed by atoms with van der Waals surface area (Å²) in [6.07, 6.45) is -0.543. The molecule has 1 aromatic rings. The summed E-state index contributed by atoms with van der Waals surface area (Å²) in [5, 5.41) is 48.7. The van der Waals surface area contributed by atoms with Crippen molar-refractivity contribution in [2.75, 3.05) is 13.2 Å². The molecule has 0 radical (unpaired) electrons. The molecule has 6 atom stereocenters. The van der Waals surface area contributed by atoms with Gasteiger partial charge in [0.25, 0.3) is 0 Å². The van der Waals surface area contributed by atoms with Gasteiger partial charge in [-0.05, 0) is 55.9 Å². The Balaban J connectivity index is 1.79. The van der Waals surface area contributed by atoms with Gasteiger partial charge in [0.15, 0.2) is 6.29 Å². The highest BCUT2D eigenvalue weighted by atomic mass is 16.7. The van der Waals surface area contributed by atoms with Gasteiger partial charge in [0.1, 0.15) is 36.8 Å². The highest BCUT2D eigenvalue weighted by Crippen LogP contribution is 2.23. The number of benzene rings is 1. The number of carboxylic acids is 1. The number of esters is 1. The lowest BCUT2D eigenvalue weighted by Crippen LogP contribution is -2.59. The molecule has 0 saturated carbocycles. The number of carbonyl (C=O) groups is 2. The van der Waals surface area contributed by atoms with Gasteiger partial charge in [-0.25, -0.2) is 9.59 Å². The maximum absolute atomic E-state index is 12.0. The Morgan fingerprint density at radius 3 is 2.43 bits per heavy atom. The molecule has 0 aromatic heterocycles. The van der Waals surface area contributed by atoms with E-state index in [1.54, 1.807) is 18.2 Å². The zero-order chi connectivity index (χ0) is 26.0. The van der Waals surface area contributed by atoms with Gasteiger partial charge in [-0.2, -0.15) is 0 Å². The average molecular weight is 495 g/mol. The van der Waals surface area contributed by atoms with Crippen molar-refractivity contribution in [2.24, 2.45) is 5.92 Å². The zero-order valence-electron chi connectivity index (χ0n) is 19.8. The fourth-order valence-electron chi connectivity index (χ4n) is 3.36. The maximum atomic E-state index is 12.0. The summed E-state index contributed by atoms with van der Waals surface area (Å²) >= 11 is 0. The van der Waals surface area contributed by atoms with Gasteiger partial charge in [0.05, 0.1) is 6.61 Å². The van der Waals surface area contributed by atoms with Crippen molar-refractivity contribution in [3.8, 4) is 5.75 Å². The van der Waals surface area contributed by atoms with Crippen LogP contribution in [0, 0.1) is 5.92 Å². The Bertz CT molecular complexity index is 879. The number of aliphatic carboxylic acids is 1. The molecule has 1 aromatic carbocycles. The normalized spacial score (nSPS) is 26.0. The summed E-state index contributed by atoms with van der Waals surface area (Å²) in [7, 11) is 0. The van der Waals surface area contributed by atoms with Gasteiger partial charge in [0, 0.05) is 11.6 Å². The van der Waals surface area contributed by atoms with Crippen molar-refractivity contribution in [1.82, 2.24) is 0 Å². The summed E-state index contributed by atoms with van der Waals surface area (Å²) in [5.41, 5.74) is 0.963. The number of hydrogen-bond acceptors (Lipinski definition) is 9. The Kier molecular flexibility index (Phi) is 11.4. The van der Waals surface area contributed by atoms with Crippen molar-refractivity contribution in [1.29, 1.82) is 0 Å². The molecule has 1 fully saturated rings. The van der Waals surface area contributed by atoms with Crippen LogP contribution in [0.4, 0.5) is 0 Å². The van der Waals surface area contributed by atoms with E-state index in [2.05, 4.69) is 0 Å². The first-order valence-electron chi connectivity index (χ1n) is 11.4. The van der Waals surface area contributed by atoms with E-state index < -0.39 is 42.6 Å². The van der Waals surface area contributed by atoms with Crippen LogP contribution in [-0.4, -0.2) is 81.4 Å². The molecule has 0 bridgehead atoms. The third kappa shape index (κ3) is 9.42. The molecular formula is C25H34O10. The van der Waals surface area contributed by atoms with Crippen LogP contribution in [0.2, 0.25) is 0 Å². The lowest BCUT2D eigenvalue weighted by molar-refractivity contribution is -0.302. The quantitative estimate of drug-likeness (QED) is 0.213. The van der Waals surface area contributed by atoms with Gasteiger partial charge in [-0.1, -0.05) is 25.1 Å². The van der Waals surface area contributed by atoms with E-state index in [0.717, 1.165) is 6.42 Å². The van der Waals surface area contributed by atoms with Crippen molar-refractivity contribution >= 4 is 18.0 Å². The highest BCUT2D eigenvalue weighted by molar-refractivity contribution is 5.87. The minimum absolute atomic E-state index is 0.100. The van der Waals surface area contributed by atoms with E-state index >= 15 is 0 Å². The molecule has 1 aliphatic rings. The fourth-order valence-corrected chi connectivity index (χ4v) is 3.36. The maximum Gasteiger partial charge on any atom is 0.330 e. The van der Waals surface area contributed by atoms with Crippen molar-refractivity contribution in [3.05, 3.63) is 47.6 Å². The van der Waals surface area contributed by atoms with Crippen LogP contribution < -0.4 is 0 Å². The number of allylic oxidation sites excluding steroid dienone is 1. The van der Waals surface area contributed by atoms with Crippen LogP contribution in [0.25, 0.3) is 6.08 Å². The summed E-state index contributed by atoms with van der Waals surface area (Å²) in [4.78, 5) is 22.8. The summed E-state index contributed by atoms with van der Waals surface area (Å²) < 4.78 is 16.2. The lowest BCUT2D eigenvalue weighted by Gasteiger charge is -2.40. The molecule has 10 nitrogen and oxygen atoms in total. The first kappa shape index (κ1) is 28.5. The standard InChI is InChI=1S/C25H34O10/c1-15(4-3-5-16(2)24(31)32)12-13-33-25-23(30)22(29)21(28)19(35-25)14-34-20(27)11-8-17-6-9-18(26)10-7-17/h5-11,15,19,21-23,25-26,28-30H,3-4,12-14H2,1-2H3,(H,31,32). The SMILES string of the molecule is CC(=CCCC(C)CCOC1OC(COC(=O)C=Cc2ccc(O)cc2)C(O)C(O)C1O)C(=O)O. The largest absolute Gasteiger partial charge is 0.508 e. The van der Waals surface area contributed by atoms with Crippen LogP contribution in [0.5, 0.6) is 5.75 Å². The van der Waals surface area contributed by atoms with E-state index in [-0.39, 0.29) is 24.9 Å². The Labute approximate surface area is 204 Å². The van der Waals surface area contributed by atoms with Gasteiger partial charge in [-0.15, -0.1) is 0 Å². The van der Waals surface area contributed by atoms with Gasteiger partial charge in [0.2, 0.25) is 0 Å². The molecule has 1 saturated heterocycles. The van der Waals surface area contributed by atoms with Gasteiger partial charge in [-0.3, -0.25) is 0 Å². The molecule has 5 N–H and O–H groups in total. The van der Waals surface area contributed by atoms with E-state index in [9.17, 15) is 30.0 Å². The van der Waals surface area contributed by atoms with Crippen LogP contribution in [0.15, 0.2) is 42.0 Å². The zero-order valence-corrected chi connectivity index (χ0v) is 19.8. The third-order valence-corrected chi connectivity index (χ3v) is 5.70. The Hall–Kier alpha value is -2.76. The predicted molar refractivity (Wildman–Crippen MR) is 125 cm³/mol. The summed E-state index contributed by atoms with van der Waals surface area (Å²) in [5.74, 6) is -1.34. The fraction of sp³-hybridized carbons (Fsp3) is 0.520. The topological polar surface area (TPSA) is 163 Å². The number of phenols is 1. The monoisotopic (exact) mass is 494 g/mol. The summed E-state index contributed by atoms with van der Waals surface area (Å²) in [6, 6.07) is 6.17. The first-order chi connectivity index (χ1) is 16.6. The number of aromatic hydroxyl groups is 1. The van der Waals surface area contributed by atoms with Crippen molar-refractivity contribution in [2.45, 2.75) is 63.8 Å². The predicted octanol–water partition coefficient (Wildman–Crippen LogP) is 1.61. The lowest BCUT2D eigenvalue weighted by atomic mass is 9.99. The molecule has 6 unspecified atom stereocenters. The second-order valence-electron chi connectivity index (χ2n) is 8.60. The Morgan fingerprint density at radius 2 is 1.77 bits per heavy atom. The third-order valence-electron chi connectivity index (χ3n) is 5.70. The number of aliphatic hydroxyl groups excluding tert-OH is 3. The molecular weight excluding hydrogens is 460 g/mol. The second-order valence-corrected chi connectivity index (χ2v) is 8.60. The van der Waals surface area contributed by atoms with E-state index in [1.807, 2.05) is 6.92 Å². The van der Waals surface area contributed by atoms with Crippen LogP contribution in [-0.2, 0) is 23.8 Å². The van der Waals surface area contributed by atoms with E-state index in [1.165, 1.54) is 31.2 Å². The van der Waals surface area contributed by atoms with Crippen LogP contribution in [0.1, 0.15) is 38.7 Å². The van der Waals surface area contributed by atoms with Crippen molar-refractivity contribution in [3.63, 3.8) is 0 Å². The van der Waals surface area contributed by atoms with Crippen LogP contribution in [0.3, 0.4) is 0 Å². The molecule has 35 heavy (non-hydrogen) atoms. The van der Waals surface area contributed by atoms with E-state index in [0.29, 0.717) is 24.0 Å². The molecule has 1 aliphatic heterocycles. The molecule has 2 rings (SSSR count). The number of rotatable bonds is 12. The molecule has 10 heteroatoms.